The van der Waals surface area contributed by atoms with Crippen LogP contribution in [0, 0.1) is 0 Å². The second-order valence-corrected chi connectivity index (χ2v) is 4.12. The van der Waals surface area contributed by atoms with Crippen LogP contribution >= 0.6 is 0 Å². The largest absolute Gasteiger partial charge is 0.497 e. The molecule has 2 aromatic rings. The van der Waals surface area contributed by atoms with Crippen LogP contribution in [0.3, 0.4) is 0 Å². The zero-order valence-electron chi connectivity index (χ0n) is 9.65. The molecule has 5 heteroatoms. The zero-order valence-corrected chi connectivity index (χ0v) is 9.65. The Kier molecular flexibility index (Phi) is 2.55. The Balaban J connectivity index is 2.66. The van der Waals surface area contributed by atoms with Crippen molar-refractivity contribution in [3.05, 3.63) is 30.0 Å². The minimum atomic E-state index is -1.43. The molecule has 1 aromatic carbocycles. The number of nitrogens with two attached hydrogens (primary N) is 1. The highest BCUT2D eigenvalue weighted by Crippen LogP contribution is 2.29. The Morgan fingerprint density at radius 2 is 2.24 bits per heavy atom. The first-order valence-electron chi connectivity index (χ1n) is 5.14. The molecule has 0 spiro atoms. The number of hydrogen-bond donors (Lipinski definition) is 3. The molecule has 0 aliphatic carbocycles. The summed E-state index contributed by atoms with van der Waals surface area (Å²) in [5, 5.41) is 9.89. The predicted molar refractivity (Wildman–Crippen MR) is 64.0 cm³/mol. The van der Waals surface area contributed by atoms with Crippen LogP contribution in [-0.2, 0) is 10.3 Å². The third kappa shape index (κ3) is 1.74. The van der Waals surface area contributed by atoms with Gasteiger partial charge in [0.25, 0.3) is 0 Å². The van der Waals surface area contributed by atoms with Gasteiger partial charge < -0.3 is 20.6 Å². The molecular weight excluding hydrogens is 220 g/mol. The number of benzene rings is 1. The van der Waals surface area contributed by atoms with E-state index in [0.29, 0.717) is 11.3 Å². The van der Waals surface area contributed by atoms with Crippen LogP contribution in [-0.4, -0.2) is 23.2 Å². The normalized spacial score (nSPS) is 14.5. The molecule has 1 atom stereocenters. The molecule has 5 nitrogen and oxygen atoms in total. The van der Waals surface area contributed by atoms with Gasteiger partial charge in [-0.15, -0.1) is 0 Å². The molecule has 0 amide bonds. The van der Waals surface area contributed by atoms with Crippen molar-refractivity contribution in [1.82, 2.24) is 4.98 Å². The quantitative estimate of drug-likeness (QED) is 0.749. The van der Waals surface area contributed by atoms with E-state index in [1.54, 1.807) is 25.4 Å². The standard InChI is InChI=1S/C12H14N2O3/c1-12(13,11(15)16)9-6-14-10-4-3-7(17-2)5-8(9)10/h3-6,14H,13H2,1-2H3,(H,15,16). The van der Waals surface area contributed by atoms with Gasteiger partial charge in [-0.3, -0.25) is 0 Å². The lowest BCUT2D eigenvalue weighted by Crippen LogP contribution is -2.41. The maximum atomic E-state index is 11.1. The number of rotatable bonds is 3. The molecule has 0 aliphatic heterocycles. The van der Waals surface area contributed by atoms with E-state index in [1.807, 2.05) is 6.07 Å². The van der Waals surface area contributed by atoms with E-state index in [9.17, 15) is 4.79 Å². The first-order valence-corrected chi connectivity index (χ1v) is 5.14. The fourth-order valence-corrected chi connectivity index (χ4v) is 1.77. The number of carbonyl (C=O) groups is 1. The summed E-state index contributed by atoms with van der Waals surface area (Å²) in [4.78, 5) is 14.1. The SMILES string of the molecule is COc1ccc2[nH]cc(C(C)(N)C(=O)O)c2c1. The fourth-order valence-electron chi connectivity index (χ4n) is 1.77. The number of H-pyrrole nitrogens is 1. The van der Waals surface area contributed by atoms with Gasteiger partial charge in [-0.05, 0) is 25.1 Å². The number of aliphatic carboxylic acids is 1. The van der Waals surface area contributed by atoms with E-state index < -0.39 is 11.5 Å². The van der Waals surface area contributed by atoms with Gasteiger partial charge in [-0.1, -0.05) is 0 Å². The molecule has 17 heavy (non-hydrogen) atoms. The minimum Gasteiger partial charge on any atom is -0.497 e. The van der Waals surface area contributed by atoms with Gasteiger partial charge in [0.15, 0.2) is 0 Å². The Morgan fingerprint density at radius 1 is 1.53 bits per heavy atom. The lowest BCUT2D eigenvalue weighted by Gasteiger charge is -2.18. The molecule has 0 aliphatic rings. The lowest BCUT2D eigenvalue weighted by atomic mass is 9.93. The molecule has 0 saturated carbocycles. The summed E-state index contributed by atoms with van der Waals surface area (Å²) >= 11 is 0. The Bertz CT molecular complexity index is 572. The van der Waals surface area contributed by atoms with Crippen molar-refractivity contribution < 1.29 is 14.6 Å². The van der Waals surface area contributed by atoms with E-state index in [4.69, 9.17) is 15.6 Å². The van der Waals surface area contributed by atoms with Crippen molar-refractivity contribution in [2.24, 2.45) is 5.73 Å². The third-order valence-electron chi connectivity index (χ3n) is 2.89. The number of carboxylic acid groups (broad SMARTS) is 1. The molecule has 1 heterocycles. The van der Waals surface area contributed by atoms with Crippen LogP contribution in [0.15, 0.2) is 24.4 Å². The number of fused-ring (bicyclic) bond motifs is 1. The maximum absolute atomic E-state index is 11.1. The Labute approximate surface area is 98.2 Å². The summed E-state index contributed by atoms with van der Waals surface area (Å²) < 4.78 is 5.12. The topological polar surface area (TPSA) is 88.3 Å². The smallest absolute Gasteiger partial charge is 0.328 e. The zero-order chi connectivity index (χ0) is 12.6. The predicted octanol–water partition coefficient (Wildman–Crippen LogP) is 1.43. The number of hydrogen-bond acceptors (Lipinski definition) is 3. The van der Waals surface area contributed by atoms with Crippen LogP contribution in [0.2, 0.25) is 0 Å². The maximum Gasteiger partial charge on any atom is 0.328 e. The highest BCUT2D eigenvalue weighted by atomic mass is 16.5. The Hall–Kier alpha value is -2.01. The molecule has 90 valence electrons. The summed E-state index contributed by atoms with van der Waals surface area (Å²) in [6.45, 7) is 1.47. The number of ether oxygens (including phenoxy) is 1. The number of carboxylic acids is 1. The number of methoxy groups -OCH3 is 1. The van der Waals surface area contributed by atoms with Gasteiger partial charge in [0.05, 0.1) is 7.11 Å². The lowest BCUT2D eigenvalue weighted by molar-refractivity contribution is -0.142. The van der Waals surface area contributed by atoms with Crippen molar-refractivity contribution in [2.45, 2.75) is 12.5 Å². The summed E-state index contributed by atoms with van der Waals surface area (Å²) in [5.41, 5.74) is 5.77. The highest BCUT2D eigenvalue weighted by Gasteiger charge is 2.32. The average molecular weight is 234 g/mol. The number of aromatic nitrogens is 1. The van der Waals surface area contributed by atoms with Gasteiger partial charge in [-0.25, -0.2) is 4.79 Å². The summed E-state index contributed by atoms with van der Waals surface area (Å²) in [6, 6.07) is 5.40. The first kappa shape index (κ1) is 11.5. The van der Waals surface area contributed by atoms with Crippen LogP contribution in [0.25, 0.3) is 10.9 Å². The second kappa shape index (κ2) is 3.78. The summed E-state index contributed by atoms with van der Waals surface area (Å²) in [5.74, 6) is -0.402. The number of aromatic amines is 1. The van der Waals surface area contributed by atoms with Crippen molar-refractivity contribution in [3.8, 4) is 5.75 Å². The molecule has 2 rings (SSSR count). The van der Waals surface area contributed by atoms with Crippen molar-refractivity contribution >= 4 is 16.9 Å². The van der Waals surface area contributed by atoms with Gasteiger partial charge in [0.2, 0.25) is 0 Å². The molecular formula is C12H14N2O3. The molecule has 1 aromatic heterocycles. The van der Waals surface area contributed by atoms with Crippen LogP contribution < -0.4 is 10.5 Å². The van der Waals surface area contributed by atoms with E-state index >= 15 is 0 Å². The monoisotopic (exact) mass is 234 g/mol. The molecule has 0 fully saturated rings. The first-order chi connectivity index (χ1) is 7.96. The third-order valence-corrected chi connectivity index (χ3v) is 2.89. The number of nitrogens with one attached hydrogen (secondary N) is 1. The summed E-state index contributed by atoms with van der Waals surface area (Å²) in [7, 11) is 1.56. The van der Waals surface area contributed by atoms with Crippen LogP contribution in [0.1, 0.15) is 12.5 Å². The van der Waals surface area contributed by atoms with E-state index in [1.165, 1.54) is 6.92 Å². The van der Waals surface area contributed by atoms with Gasteiger partial charge in [0.1, 0.15) is 11.3 Å². The molecule has 1 unspecified atom stereocenters. The summed E-state index contributed by atoms with van der Waals surface area (Å²) in [6.07, 6.45) is 1.62. The Morgan fingerprint density at radius 3 is 2.82 bits per heavy atom. The van der Waals surface area contributed by atoms with Gasteiger partial charge in [-0.2, -0.15) is 0 Å². The average Bonchev–Trinajstić information content (AvgIpc) is 2.71. The van der Waals surface area contributed by atoms with Crippen LogP contribution in [0.4, 0.5) is 0 Å². The van der Waals surface area contributed by atoms with E-state index in [0.717, 1.165) is 10.9 Å². The highest BCUT2D eigenvalue weighted by molar-refractivity contribution is 5.92. The van der Waals surface area contributed by atoms with Gasteiger partial charge >= 0.3 is 5.97 Å². The van der Waals surface area contributed by atoms with Crippen molar-refractivity contribution in [2.75, 3.05) is 7.11 Å². The molecule has 0 bridgehead atoms. The molecule has 4 N–H and O–H groups in total. The minimum absolute atomic E-state index is 0.541. The van der Waals surface area contributed by atoms with E-state index in [2.05, 4.69) is 4.98 Å². The molecule has 0 radical (unpaired) electrons. The second-order valence-electron chi connectivity index (χ2n) is 4.12. The fraction of sp³-hybridized carbons (Fsp3) is 0.250. The van der Waals surface area contributed by atoms with Crippen molar-refractivity contribution in [1.29, 1.82) is 0 Å². The van der Waals surface area contributed by atoms with Gasteiger partial charge in [0, 0.05) is 22.7 Å². The van der Waals surface area contributed by atoms with Crippen LogP contribution in [0.5, 0.6) is 5.75 Å². The van der Waals surface area contributed by atoms with Crippen molar-refractivity contribution in [3.63, 3.8) is 0 Å². The van der Waals surface area contributed by atoms with E-state index in [-0.39, 0.29) is 0 Å². The molecule has 0 saturated heterocycles.